The van der Waals surface area contributed by atoms with E-state index in [0.717, 1.165) is 24.6 Å². The van der Waals surface area contributed by atoms with Gasteiger partial charge in [0.05, 0.1) is 0 Å². The first-order valence-electron chi connectivity index (χ1n) is 7.51. The van der Waals surface area contributed by atoms with Crippen LogP contribution in [0.3, 0.4) is 0 Å². The van der Waals surface area contributed by atoms with Gasteiger partial charge in [-0.25, -0.2) is 4.98 Å². The number of carbonyl (C=O) groups excluding carboxylic acids is 1. The Kier molecular flexibility index (Phi) is 3.83. The summed E-state index contributed by atoms with van der Waals surface area (Å²) in [7, 11) is 0. The van der Waals surface area contributed by atoms with E-state index in [1.165, 1.54) is 37.0 Å². The molecule has 0 aromatic carbocycles. The van der Waals surface area contributed by atoms with Crippen molar-refractivity contribution < 1.29 is 4.79 Å². The summed E-state index contributed by atoms with van der Waals surface area (Å²) in [5, 5.41) is 3.98. The van der Waals surface area contributed by atoms with Crippen LogP contribution in [0.2, 0.25) is 0 Å². The molecule has 1 amide bonds. The van der Waals surface area contributed by atoms with E-state index in [-0.39, 0.29) is 5.91 Å². The summed E-state index contributed by atoms with van der Waals surface area (Å²) in [5.74, 6) is 0.993. The molecule has 3 N–H and O–H groups in total. The Bertz CT molecular complexity index is 495. The molecular formula is C14H22N4OS. The highest BCUT2D eigenvalue weighted by atomic mass is 32.1. The fourth-order valence-corrected chi connectivity index (χ4v) is 3.81. The molecule has 5 nitrogen and oxygen atoms in total. The van der Waals surface area contributed by atoms with Crippen LogP contribution in [0.5, 0.6) is 0 Å². The summed E-state index contributed by atoms with van der Waals surface area (Å²) >= 11 is 1.43. The summed E-state index contributed by atoms with van der Waals surface area (Å²) in [6.45, 7) is 4.23. The number of anilines is 2. The Labute approximate surface area is 123 Å². The molecule has 6 heteroatoms. The molecule has 3 rings (SSSR count). The lowest BCUT2D eigenvalue weighted by Gasteiger charge is -2.11. The van der Waals surface area contributed by atoms with Crippen molar-refractivity contribution in [2.45, 2.75) is 45.1 Å². The Morgan fingerprint density at radius 3 is 2.95 bits per heavy atom. The highest BCUT2D eigenvalue weighted by Gasteiger charge is 2.38. The first-order chi connectivity index (χ1) is 9.69. The second-order valence-corrected chi connectivity index (χ2v) is 6.75. The molecule has 1 aromatic rings. The van der Waals surface area contributed by atoms with Gasteiger partial charge in [-0.15, -0.1) is 0 Å². The van der Waals surface area contributed by atoms with Crippen LogP contribution in [0.25, 0.3) is 0 Å². The standard InChI is InChI=1S/C14H22N4OS/c1-2-5-9-8-10(9)16-13(19)11-12(15)17-14(20-11)18-6-3-4-7-18/h9-10H,2-8,15H2,1H3,(H,16,19). The van der Waals surface area contributed by atoms with Gasteiger partial charge in [-0.3, -0.25) is 4.79 Å². The van der Waals surface area contributed by atoms with Crippen molar-refractivity contribution in [2.24, 2.45) is 5.92 Å². The number of nitrogens with two attached hydrogens (primary N) is 1. The van der Waals surface area contributed by atoms with Crippen LogP contribution in [0.15, 0.2) is 0 Å². The lowest BCUT2D eigenvalue weighted by Crippen LogP contribution is -2.26. The molecule has 0 bridgehead atoms. The highest BCUT2D eigenvalue weighted by Crippen LogP contribution is 2.36. The van der Waals surface area contributed by atoms with Crippen LogP contribution in [0.1, 0.15) is 48.7 Å². The minimum atomic E-state index is -0.0472. The second kappa shape index (κ2) is 5.60. The fourth-order valence-electron chi connectivity index (χ4n) is 2.87. The SMILES string of the molecule is CCCC1CC1NC(=O)c1sc(N2CCCC2)nc1N. The van der Waals surface area contributed by atoms with Crippen LogP contribution >= 0.6 is 11.3 Å². The number of rotatable bonds is 5. The van der Waals surface area contributed by atoms with Crippen LogP contribution in [-0.4, -0.2) is 30.0 Å². The number of nitrogen functional groups attached to an aromatic ring is 1. The van der Waals surface area contributed by atoms with E-state index in [2.05, 4.69) is 22.1 Å². The number of carbonyl (C=O) groups is 1. The molecule has 110 valence electrons. The minimum Gasteiger partial charge on any atom is -0.382 e. The smallest absolute Gasteiger partial charge is 0.265 e. The zero-order valence-corrected chi connectivity index (χ0v) is 12.7. The second-order valence-electron chi connectivity index (χ2n) is 5.77. The highest BCUT2D eigenvalue weighted by molar-refractivity contribution is 7.18. The van der Waals surface area contributed by atoms with E-state index >= 15 is 0 Å². The zero-order valence-electron chi connectivity index (χ0n) is 11.9. The van der Waals surface area contributed by atoms with Gasteiger partial charge < -0.3 is 16.0 Å². The molecule has 1 aliphatic carbocycles. The Hall–Kier alpha value is -1.30. The van der Waals surface area contributed by atoms with E-state index in [1.807, 2.05) is 0 Å². The average molecular weight is 294 g/mol. The molecule has 2 fully saturated rings. The number of aromatic nitrogens is 1. The number of amides is 1. The average Bonchev–Trinajstić information content (AvgIpc) is 2.84. The van der Waals surface area contributed by atoms with Crippen molar-refractivity contribution in [2.75, 3.05) is 23.7 Å². The van der Waals surface area contributed by atoms with Crippen molar-refractivity contribution in [1.82, 2.24) is 10.3 Å². The Morgan fingerprint density at radius 1 is 1.50 bits per heavy atom. The largest absolute Gasteiger partial charge is 0.382 e. The third-order valence-electron chi connectivity index (χ3n) is 4.12. The molecule has 2 aliphatic rings. The summed E-state index contributed by atoms with van der Waals surface area (Å²) < 4.78 is 0. The lowest BCUT2D eigenvalue weighted by molar-refractivity contribution is 0.0953. The van der Waals surface area contributed by atoms with Crippen molar-refractivity contribution >= 4 is 28.2 Å². The molecule has 2 unspecified atom stereocenters. The van der Waals surface area contributed by atoms with Crippen LogP contribution < -0.4 is 16.0 Å². The molecule has 0 spiro atoms. The van der Waals surface area contributed by atoms with Crippen LogP contribution in [0, 0.1) is 5.92 Å². The Balaban J connectivity index is 1.63. The first-order valence-corrected chi connectivity index (χ1v) is 8.32. The van der Waals surface area contributed by atoms with E-state index in [0.29, 0.717) is 22.7 Å². The fraction of sp³-hybridized carbons (Fsp3) is 0.714. The number of nitrogens with zero attached hydrogens (tertiary/aromatic N) is 2. The monoisotopic (exact) mass is 294 g/mol. The summed E-state index contributed by atoms with van der Waals surface area (Å²) in [6.07, 6.45) is 5.88. The summed E-state index contributed by atoms with van der Waals surface area (Å²) in [6, 6.07) is 0.346. The molecule has 1 saturated heterocycles. The molecule has 1 aromatic heterocycles. The van der Waals surface area contributed by atoms with Crippen molar-refractivity contribution in [1.29, 1.82) is 0 Å². The first kappa shape index (κ1) is 13.7. The third kappa shape index (κ3) is 2.75. The topological polar surface area (TPSA) is 71.2 Å². The number of nitrogens with one attached hydrogen (secondary N) is 1. The van der Waals surface area contributed by atoms with Gasteiger partial charge >= 0.3 is 0 Å². The number of thiazole rings is 1. The molecule has 20 heavy (non-hydrogen) atoms. The predicted molar refractivity (Wildman–Crippen MR) is 82.2 cm³/mol. The normalized spacial score (nSPS) is 24.9. The van der Waals surface area contributed by atoms with Gasteiger partial charge in [0.1, 0.15) is 10.7 Å². The summed E-state index contributed by atoms with van der Waals surface area (Å²) in [5.41, 5.74) is 5.91. The van der Waals surface area contributed by atoms with Crippen LogP contribution in [0.4, 0.5) is 10.9 Å². The molecule has 0 radical (unpaired) electrons. The maximum atomic E-state index is 12.3. The molecule has 1 aliphatic heterocycles. The quantitative estimate of drug-likeness (QED) is 0.873. The Morgan fingerprint density at radius 2 is 2.25 bits per heavy atom. The van der Waals surface area contributed by atoms with Crippen molar-refractivity contribution in [3.05, 3.63) is 4.88 Å². The molecule has 2 atom stereocenters. The van der Waals surface area contributed by atoms with Crippen molar-refractivity contribution in [3.63, 3.8) is 0 Å². The predicted octanol–water partition coefficient (Wildman–Crippen LogP) is 2.24. The van der Waals surface area contributed by atoms with Gasteiger partial charge in [-0.1, -0.05) is 24.7 Å². The van der Waals surface area contributed by atoms with Gasteiger partial charge in [0.15, 0.2) is 5.13 Å². The molecule has 2 heterocycles. The van der Waals surface area contributed by atoms with E-state index < -0.39 is 0 Å². The van der Waals surface area contributed by atoms with Gasteiger partial charge in [0.25, 0.3) is 5.91 Å². The van der Waals surface area contributed by atoms with Gasteiger partial charge in [-0.2, -0.15) is 0 Å². The minimum absolute atomic E-state index is 0.0472. The van der Waals surface area contributed by atoms with Gasteiger partial charge in [0.2, 0.25) is 0 Å². The maximum absolute atomic E-state index is 12.3. The van der Waals surface area contributed by atoms with E-state index in [4.69, 9.17) is 5.73 Å². The maximum Gasteiger partial charge on any atom is 0.265 e. The van der Waals surface area contributed by atoms with Crippen molar-refractivity contribution in [3.8, 4) is 0 Å². The lowest BCUT2D eigenvalue weighted by atomic mass is 10.2. The number of hydrogen-bond acceptors (Lipinski definition) is 5. The third-order valence-corrected chi connectivity index (χ3v) is 5.25. The van der Waals surface area contributed by atoms with Gasteiger partial charge in [0, 0.05) is 19.1 Å². The number of hydrogen-bond donors (Lipinski definition) is 2. The summed E-state index contributed by atoms with van der Waals surface area (Å²) in [4.78, 5) is 19.4. The van der Waals surface area contributed by atoms with E-state index in [1.54, 1.807) is 0 Å². The zero-order chi connectivity index (χ0) is 14.1. The van der Waals surface area contributed by atoms with E-state index in [9.17, 15) is 4.79 Å². The van der Waals surface area contributed by atoms with Gasteiger partial charge in [-0.05, 0) is 31.6 Å². The molecular weight excluding hydrogens is 272 g/mol. The molecule has 1 saturated carbocycles. The van der Waals surface area contributed by atoms with Crippen LogP contribution in [-0.2, 0) is 0 Å².